The predicted octanol–water partition coefficient (Wildman–Crippen LogP) is 4.54. The zero-order chi connectivity index (χ0) is 17.6. The molecule has 1 spiro atoms. The van der Waals surface area contributed by atoms with Gasteiger partial charge in [0.15, 0.2) is 0 Å². The van der Waals surface area contributed by atoms with Crippen molar-refractivity contribution in [2.75, 3.05) is 13.2 Å². The van der Waals surface area contributed by atoms with Crippen molar-refractivity contribution in [3.8, 4) is 0 Å². The number of hydrazone groups is 1. The predicted molar refractivity (Wildman–Crippen MR) is 106 cm³/mol. The molecule has 138 valence electrons. The highest BCUT2D eigenvalue weighted by Crippen LogP contribution is 2.47. The second kappa shape index (κ2) is 8.47. The first-order valence-corrected chi connectivity index (χ1v) is 10.4. The third kappa shape index (κ3) is 4.33. The first kappa shape index (κ1) is 18.6. The van der Waals surface area contributed by atoms with E-state index in [9.17, 15) is 0 Å². The monoisotopic (exact) mass is 361 g/mol. The van der Waals surface area contributed by atoms with Gasteiger partial charge in [0, 0.05) is 37.4 Å². The summed E-state index contributed by atoms with van der Waals surface area (Å²) in [4.78, 5) is 1.39. The Morgan fingerprint density at radius 3 is 2.92 bits per heavy atom. The summed E-state index contributed by atoms with van der Waals surface area (Å²) in [6, 6.07) is 4.30. The lowest BCUT2D eigenvalue weighted by Gasteiger charge is -2.50. The van der Waals surface area contributed by atoms with Gasteiger partial charge in [-0.3, -0.25) is 5.01 Å². The number of nitrogens with one attached hydrogen (secondary N) is 1. The Morgan fingerprint density at radius 1 is 1.40 bits per heavy atom. The Labute approximate surface area is 155 Å². The number of rotatable bonds is 8. The van der Waals surface area contributed by atoms with Crippen molar-refractivity contribution >= 4 is 18.1 Å². The molecule has 0 bridgehead atoms. The van der Waals surface area contributed by atoms with Crippen LogP contribution in [0.2, 0.25) is 0 Å². The Kier molecular flexibility index (Phi) is 6.31. The summed E-state index contributed by atoms with van der Waals surface area (Å²) in [7, 11) is 0. The Morgan fingerprint density at radius 2 is 2.24 bits per heavy atom. The molecule has 1 aliphatic heterocycles. The lowest BCUT2D eigenvalue weighted by molar-refractivity contribution is -0.129. The van der Waals surface area contributed by atoms with Crippen LogP contribution in [0.4, 0.5) is 0 Å². The molecule has 25 heavy (non-hydrogen) atoms. The van der Waals surface area contributed by atoms with E-state index in [1.165, 1.54) is 30.6 Å². The molecule has 1 aliphatic carbocycles. The summed E-state index contributed by atoms with van der Waals surface area (Å²) < 4.78 is 6.29. The molecule has 1 saturated heterocycles. The van der Waals surface area contributed by atoms with Gasteiger partial charge in [-0.25, -0.2) is 0 Å². The summed E-state index contributed by atoms with van der Waals surface area (Å²) in [6.45, 7) is 8.65. The molecular formula is C20H31N3OS. The largest absolute Gasteiger partial charge is 0.375 e. The fourth-order valence-electron chi connectivity index (χ4n) is 4.50. The van der Waals surface area contributed by atoms with Crippen molar-refractivity contribution in [2.45, 2.75) is 69.6 Å². The molecule has 0 aromatic carbocycles. The summed E-state index contributed by atoms with van der Waals surface area (Å²) in [5.41, 5.74) is 0.0792. The molecule has 1 aromatic heterocycles. The second-order valence-corrected chi connectivity index (χ2v) is 8.40. The maximum absolute atomic E-state index is 6.29. The van der Waals surface area contributed by atoms with E-state index in [-0.39, 0.29) is 11.1 Å². The zero-order valence-electron chi connectivity index (χ0n) is 15.4. The fraction of sp³-hybridized carbons (Fsp3) is 0.650. The molecule has 2 fully saturated rings. The first-order chi connectivity index (χ1) is 12.2. The van der Waals surface area contributed by atoms with Crippen LogP contribution in [-0.4, -0.2) is 36.0 Å². The minimum atomic E-state index is 0.0132. The van der Waals surface area contributed by atoms with Crippen LogP contribution in [0.3, 0.4) is 0 Å². The molecule has 1 aromatic rings. The number of allylic oxidation sites excluding steroid dienone is 1. The molecule has 2 aliphatic rings. The van der Waals surface area contributed by atoms with E-state index < -0.39 is 0 Å². The van der Waals surface area contributed by atoms with E-state index >= 15 is 0 Å². The third-order valence-corrected chi connectivity index (χ3v) is 6.59. The molecule has 1 atom stereocenters. The van der Waals surface area contributed by atoms with Crippen LogP contribution in [0.25, 0.3) is 0 Å². The maximum Gasteiger partial charge on any atom is 0.0705 e. The van der Waals surface area contributed by atoms with E-state index in [1.807, 2.05) is 18.3 Å². The van der Waals surface area contributed by atoms with Gasteiger partial charge in [-0.2, -0.15) is 5.10 Å². The van der Waals surface area contributed by atoms with Crippen LogP contribution < -0.4 is 5.32 Å². The topological polar surface area (TPSA) is 36.9 Å². The molecule has 2 heterocycles. The van der Waals surface area contributed by atoms with Gasteiger partial charge in [-0.05, 0) is 50.6 Å². The van der Waals surface area contributed by atoms with Crippen molar-refractivity contribution in [1.29, 1.82) is 0 Å². The normalized spacial score (nSPS) is 25.6. The number of ether oxygens (including phenoxy) is 1. The Bertz CT molecular complexity index is 566. The van der Waals surface area contributed by atoms with Crippen LogP contribution in [-0.2, 0) is 11.3 Å². The zero-order valence-corrected chi connectivity index (χ0v) is 16.2. The van der Waals surface area contributed by atoms with E-state index in [4.69, 9.17) is 4.74 Å². The summed E-state index contributed by atoms with van der Waals surface area (Å²) >= 11 is 1.81. The third-order valence-electron chi connectivity index (χ3n) is 5.72. The number of thiophene rings is 1. The minimum Gasteiger partial charge on any atom is -0.375 e. The van der Waals surface area contributed by atoms with E-state index in [0.717, 1.165) is 39.0 Å². The summed E-state index contributed by atoms with van der Waals surface area (Å²) in [5, 5.41) is 12.2. The fourth-order valence-corrected chi connectivity index (χ4v) is 5.18. The van der Waals surface area contributed by atoms with Gasteiger partial charge in [0.25, 0.3) is 0 Å². The Hall–Kier alpha value is -1.17. The molecule has 3 rings (SSSR count). The molecule has 4 nitrogen and oxygen atoms in total. The van der Waals surface area contributed by atoms with E-state index in [0.29, 0.717) is 0 Å². The average molecular weight is 362 g/mol. The SMILES string of the molecule is C=NN(/C=C\C)C1(CCNCc2cccs2)CCOC2(CCCC2)C1. The van der Waals surface area contributed by atoms with E-state index in [2.05, 4.69) is 51.9 Å². The molecule has 1 saturated carbocycles. The number of hydrogen-bond acceptors (Lipinski definition) is 5. The van der Waals surface area contributed by atoms with Crippen LogP contribution in [0.5, 0.6) is 0 Å². The second-order valence-electron chi connectivity index (χ2n) is 7.36. The van der Waals surface area contributed by atoms with Crippen molar-refractivity contribution in [1.82, 2.24) is 10.3 Å². The maximum atomic E-state index is 6.29. The van der Waals surface area contributed by atoms with Gasteiger partial charge in [-0.15, -0.1) is 11.3 Å². The molecular weight excluding hydrogens is 330 g/mol. The lowest BCUT2D eigenvalue weighted by atomic mass is 9.76. The minimum absolute atomic E-state index is 0.0132. The van der Waals surface area contributed by atoms with Crippen molar-refractivity contribution in [3.63, 3.8) is 0 Å². The van der Waals surface area contributed by atoms with Gasteiger partial charge < -0.3 is 10.1 Å². The average Bonchev–Trinajstić information content (AvgIpc) is 3.29. The Balaban J connectivity index is 1.68. The first-order valence-electron chi connectivity index (χ1n) is 9.48. The highest BCUT2D eigenvalue weighted by atomic mass is 32.1. The molecule has 5 heteroatoms. The van der Waals surface area contributed by atoms with Gasteiger partial charge >= 0.3 is 0 Å². The van der Waals surface area contributed by atoms with Gasteiger partial charge in [-0.1, -0.05) is 25.0 Å². The van der Waals surface area contributed by atoms with Crippen LogP contribution in [0.1, 0.15) is 56.7 Å². The quantitative estimate of drug-likeness (QED) is 0.419. The van der Waals surface area contributed by atoms with Crippen molar-refractivity contribution < 1.29 is 4.74 Å². The molecule has 1 unspecified atom stereocenters. The number of hydrogen-bond donors (Lipinski definition) is 1. The standard InChI is InChI=1S/C20H31N3OS/c1-3-13-23(21-2)19(10-12-22-16-18-7-6-15-25-18)11-14-24-20(17-19)8-4-5-9-20/h3,6-7,13,15,22H,2,4-5,8-12,14,16-17H2,1H3/b13-3-. The molecule has 0 amide bonds. The van der Waals surface area contributed by atoms with Gasteiger partial charge in [0.2, 0.25) is 0 Å². The smallest absolute Gasteiger partial charge is 0.0705 e. The van der Waals surface area contributed by atoms with Crippen LogP contribution in [0, 0.1) is 0 Å². The number of nitrogens with zero attached hydrogens (tertiary/aromatic N) is 2. The highest BCUT2D eigenvalue weighted by molar-refractivity contribution is 7.09. The van der Waals surface area contributed by atoms with Crippen LogP contribution >= 0.6 is 11.3 Å². The van der Waals surface area contributed by atoms with Crippen LogP contribution in [0.15, 0.2) is 34.9 Å². The summed E-state index contributed by atoms with van der Waals surface area (Å²) in [5.74, 6) is 0. The van der Waals surface area contributed by atoms with Crippen molar-refractivity contribution in [2.24, 2.45) is 5.10 Å². The molecule has 0 radical (unpaired) electrons. The van der Waals surface area contributed by atoms with Gasteiger partial charge in [0.1, 0.15) is 0 Å². The highest BCUT2D eigenvalue weighted by Gasteiger charge is 2.49. The lowest BCUT2D eigenvalue weighted by Crippen LogP contribution is -2.55. The summed E-state index contributed by atoms with van der Waals surface area (Å²) in [6.07, 6.45) is 12.2. The van der Waals surface area contributed by atoms with Gasteiger partial charge in [0.05, 0.1) is 11.1 Å². The van der Waals surface area contributed by atoms with Crippen molar-refractivity contribution in [3.05, 3.63) is 34.7 Å². The van der Waals surface area contributed by atoms with E-state index in [1.54, 1.807) is 0 Å². The molecule has 1 N–H and O–H groups in total.